The number of hydrogen-bond donors (Lipinski definition) is 1. The van der Waals surface area contributed by atoms with Crippen molar-refractivity contribution in [1.29, 1.82) is 0 Å². The Kier molecular flexibility index (Phi) is 2.94. The summed E-state index contributed by atoms with van der Waals surface area (Å²) in [4.78, 5) is 16.3. The van der Waals surface area contributed by atoms with Crippen LogP contribution in [0, 0.1) is 6.92 Å². The molecule has 0 aliphatic carbocycles. The van der Waals surface area contributed by atoms with Gasteiger partial charge in [0.15, 0.2) is 0 Å². The van der Waals surface area contributed by atoms with Gasteiger partial charge in [0.2, 0.25) is 5.95 Å². The maximum atomic E-state index is 12.0. The average Bonchev–Trinajstić information content (AvgIpc) is 2.80. The predicted molar refractivity (Wildman–Crippen MR) is 67.7 cm³/mol. The van der Waals surface area contributed by atoms with Crippen molar-refractivity contribution in [3.05, 3.63) is 29.3 Å². The van der Waals surface area contributed by atoms with Gasteiger partial charge in [-0.1, -0.05) is 0 Å². The van der Waals surface area contributed by atoms with Crippen molar-refractivity contribution in [2.75, 3.05) is 5.32 Å². The normalized spacial score (nSPS) is 13.9. The standard InChI is InChI=1S/C12H14N6O/c1-8-6-9(7-13-16-8)11(19)15-12-14-10-4-2-3-5-18(10)17-12/h6-7H,2-5H2,1H3,(H,15,17,19). The minimum atomic E-state index is -0.263. The topological polar surface area (TPSA) is 85.6 Å². The van der Waals surface area contributed by atoms with Crippen molar-refractivity contribution < 1.29 is 4.79 Å². The third-order valence-corrected chi connectivity index (χ3v) is 3.03. The molecule has 0 unspecified atom stereocenters. The molecular weight excluding hydrogens is 244 g/mol. The number of carbonyl (C=O) groups is 1. The first kappa shape index (κ1) is 11.8. The largest absolute Gasteiger partial charge is 0.289 e. The molecule has 0 fully saturated rings. The second-order valence-corrected chi connectivity index (χ2v) is 4.57. The van der Waals surface area contributed by atoms with E-state index < -0.39 is 0 Å². The molecular formula is C12H14N6O. The van der Waals surface area contributed by atoms with Crippen LogP contribution in [0.4, 0.5) is 5.95 Å². The van der Waals surface area contributed by atoms with E-state index in [1.807, 2.05) is 4.68 Å². The number of aryl methyl sites for hydroxylation is 3. The van der Waals surface area contributed by atoms with Crippen molar-refractivity contribution in [3.8, 4) is 0 Å². The quantitative estimate of drug-likeness (QED) is 0.867. The lowest BCUT2D eigenvalue weighted by atomic mass is 10.2. The third kappa shape index (κ3) is 2.44. The van der Waals surface area contributed by atoms with Gasteiger partial charge in [0.1, 0.15) is 5.82 Å². The number of hydrogen-bond acceptors (Lipinski definition) is 5. The number of anilines is 1. The molecule has 3 heterocycles. The summed E-state index contributed by atoms with van der Waals surface area (Å²) in [5, 5.41) is 14.5. The van der Waals surface area contributed by atoms with E-state index in [0.29, 0.717) is 17.2 Å². The van der Waals surface area contributed by atoms with E-state index in [1.165, 1.54) is 6.20 Å². The van der Waals surface area contributed by atoms with Crippen LogP contribution in [0.15, 0.2) is 12.3 Å². The number of fused-ring (bicyclic) bond motifs is 1. The van der Waals surface area contributed by atoms with Crippen LogP contribution >= 0.6 is 0 Å². The molecule has 98 valence electrons. The van der Waals surface area contributed by atoms with Crippen LogP contribution < -0.4 is 5.32 Å². The van der Waals surface area contributed by atoms with Crippen molar-refractivity contribution in [1.82, 2.24) is 25.0 Å². The number of rotatable bonds is 2. The maximum absolute atomic E-state index is 12.0. The molecule has 1 N–H and O–H groups in total. The number of nitrogens with zero attached hydrogens (tertiary/aromatic N) is 5. The molecule has 0 atom stereocenters. The molecule has 0 saturated heterocycles. The first-order chi connectivity index (χ1) is 9.22. The molecule has 3 rings (SSSR count). The van der Waals surface area contributed by atoms with Gasteiger partial charge in [-0.15, -0.1) is 5.10 Å². The molecule has 0 spiro atoms. The smallest absolute Gasteiger partial charge is 0.259 e. The Morgan fingerprint density at radius 2 is 2.32 bits per heavy atom. The van der Waals surface area contributed by atoms with Crippen LogP contribution in [0.3, 0.4) is 0 Å². The molecule has 2 aromatic heterocycles. The SMILES string of the molecule is Cc1cc(C(=O)Nc2nc3n(n2)CCCC3)cnn1. The zero-order valence-corrected chi connectivity index (χ0v) is 10.6. The minimum Gasteiger partial charge on any atom is -0.289 e. The average molecular weight is 258 g/mol. The summed E-state index contributed by atoms with van der Waals surface area (Å²) in [7, 11) is 0. The minimum absolute atomic E-state index is 0.263. The van der Waals surface area contributed by atoms with Crippen molar-refractivity contribution in [2.45, 2.75) is 32.7 Å². The van der Waals surface area contributed by atoms with E-state index in [9.17, 15) is 4.79 Å². The van der Waals surface area contributed by atoms with E-state index in [1.54, 1.807) is 13.0 Å². The molecule has 1 aliphatic heterocycles. The second kappa shape index (κ2) is 4.75. The number of carbonyl (C=O) groups excluding carboxylic acids is 1. The maximum Gasteiger partial charge on any atom is 0.259 e. The molecule has 19 heavy (non-hydrogen) atoms. The molecule has 0 saturated carbocycles. The zero-order valence-electron chi connectivity index (χ0n) is 10.6. The van der Waals surface area contributed by atoms with Crippen LogP contribution in [-0.4, -0.2) is 30.9 Å². The van der Waals surface area contributed by atoms with Gasteiger partial charge in [-0.25, -0.2) is 4.68 Å². The van der Waals surface area contributed by atoms with E-state index in [0.717, 1.165) is 31.6 Å². The second-order valence-electron chi connectivity index (χ2n) is 4.57. The molecule has 0 bridgehead atoms. The highest BCUT2D eigenvalue weighted by molar-refractivity contribution is 6.03. The molecule has 7 heteroatoms. The highest BCUT2D eigenvalue weighted by atomic mass is 16.1. The first-order valence-corrected chi connectivity index (χ1v) is 6.27. The van der Waals surface area contributed by atoms with Crippen LogP contribution in [-0.2, 0) is 13.0 Å². The van der Waals surface area contributed by atoms with Crippen LogP contribution in [0.1, 0.15) is 34.7 Å². The van der Waals surface area contributed by atoms with Crippen LogP contribution in [0.25, 0.3) is 0 Å². The van der Waals surface area contributed by atoms with E-state index in [4.69, 9.17) is 0 Å². The molecule has 1 amide bonds. The Morgan fingerprint density at radius 3 is 3.11 bits per heavy atom. The van der Waals surface area contributed by atoms with E-state index in [-0.39, 0.29) is 5.91 Å². The molecule has 0 aromatic carbocycles. The summed E-state index contributed by atoms with van der Waals surface area (Å²) in [6, 6.07) is 1.68. The van der Waals surface area contributed by atoms with Gasteiger partial charge in [-0.3, -0.25) is 10.1 Å². The Bertz CT molecular complexity index is 597. The molecule has 7 nitrogen and oxygen atoms in total. The zero-order chi connectivity index (χ0) is 13.2. The summed E-state index contributed by atoms with van der Waals surface area (Å²) in [6.07, 6.45) is 4.58. The van der Waals surface area contributed by atoms with Crippen LogP contribution in [0.5, 0.6) is 0 Å². The molecule has 1 aliphatic rings. The number of aromatic nitrogens is 5. The van der Waals surface area contributed by atoms with Gasteiger partial charge in [-0.05, 0) is 25.8 Å². The monoisotopic (exact) mass is 258 g/mol. The molecule has 2 aromatic rings. The third-order valence-electron chi connectivity index (χ3n) is 3.03. The lowest BCUT2D eigenvalue weighted by Gasteiger charge is -2.09. The fourth-order valence-corrected chi connectivity index (χ4v) is 2.11. The van der Waals surface area contributed by atoms with E-state index >= 15 is 0 Å². The van der Waals surface area contributed by atoms with Gasteiger partial charge in [-0.2, -0.15) is 15.2 Å². The van der Waals surface area contributed by atoms with Gasteiger partial charge in [0.05, 0.1) is 17.5 Å². The Morgan fingerprint density at radius 1 is 1.42 bits per heavy atom. The van der Waals surface area contributed by atoms with Crippen molar-refractivity contribution in [2.24, 2.45) is 0 Å². The fraction of sp³-hybridized carbons (Fsp3) is 0.417. The number of nitrogens with one attached hydrogen (secondary N) is 1. The highest BCUT2D eigenvalue weighted by Gasteiger charge is 2.16. The van der Waals surface area contributed by atoms with Gasteiger partial charge < -0.3 is 0 Å². The van der Waals surface area contributed by atoms with Crippen molar-refractivity contribution in [3.63, 3.8) is 0 Å². The summed E-state index contributed by atoms with van der Waals surface area (Å²) < 4.78 is 1.86. The highest BCUT2D eigenvalue weighted by Crippen LogP contribution is 2.14. The van der Waals surface area contributed by atoms with Crippen LogP contribution in [0.2, 0.25) is 0 Å². The fourth-order valence-electron chi connectivity index (χ4n) is 2.11. The summed E-state index contributed by atoms with van der Waals surface area (Å²) >= 11 is 0. The van der Waals surface area contributed by atoms with Gasteiger partial charge in [0.25, 0.3) is 5.91 Å². The Balaban J connectivity index is 1.77. The summed E-state index contributed by atoms with van der Waals surface area (Å²) in [5.41, 5.74) is 1.16. The lowest BCUT2D eigenvalue weighted by molar-refractivity contribution is 0.102. The lowest BCUT2D eigenvalue weighted by Crippen LogP contribution is -2.14. The summed E-state index contributed by atoms with van der Waals surface area (Å²) in [6.45, 7) is 2.66. The van der Waals surface area contributed by atoms with Gasteiger partial charge >= 0.3 is 0 Å². The predicted octanol–water partition coefficient (Wildman–Crippen LogP) is 0.965. The Labute approximate surface area is 110 Å². The Hall–Kier alpha value is -2.31. The van der Waals surface area contributed by atoms with Gasteiger partial charge in [0, 0.05) is 13.0 Å². The first-order valence-electron chi connectivity index (χ1n) is 6.27. The van der Waals surface area contributed by atoms with E-state index in [2.05, 4.69) is 25.6 Å². The number of amides is 1. The molecule has 0 radical (unpaired) electrons. The summed E-state index contributed by atoms with van der Waals surface area (Å²) in [5.74, 6) is 1.03. The van der Waals surface area contributed by atoms with Crippen molar-refractivity contribution >= 4 is 11.9 Å².